The van der Waals surface area contributed by atoms with Gasteiger partial charge in [-0.15, -0.1) is 0 Å². The van der Waals surface area contributed by atoms with E-state index >= 15 is 0 Å². The molecule has 10 nitrogen and oxygen atoms in total. The summed E-state index contributed by atoms with van der Waals surface area (Å²) in [6.45, 7) is 8.33. The number of alkyl carbamates (subject to hydrolysis) is 1. The molecule has 1 aromatic carbocycles. The number of methoxy groups -OCH3 is 1. The Hall–Kier alpha value is -3.14. The zero-order valence-corrected chi connectivity index (χ0v) is 20.5. The average molecular weight is 479 g/mol. The third kappa shape index (κ3) is 7.44. The number of aliphatic hydroxyl groups is 1. The van der Waals surface area contributed by atoms with E-state index in [9.17, 15) is 24.3 Å². The van der Waals surface area contributed by atoms with Crippen molar-refractivity contribution in [2.45, 2.75) is 77.4 Å². The van der Waals surface area contributed by atoms with Gasteiger partial charge >= 0.3 is 18.2 Å². The van der Waals surface area contributed by atoms with E-state index in [4.69, 9.17) is 14.2 Å². The first-order chi connectivity index (χ1) is 15.7. The van der Waals surface area contributed by atoms with E-state index in [1.807, 2.05) is 30.3 Å². The Balaban J connectivity index is 2.04. The highest BCUT2D eigenvalue weighted by atomic mass is 16.6. The summed E-state index contributed by atoms with van der Waals surface area (Å²) in [6.07, 6.45) is -3.07. The first kappa shape index (κ1) is 27.1. The van der Waals surface area contributed by atoms with Gasteiger partial charge in [0.2, 0.25) is 5.91 Å². The molecule has 0 aliphatic carbocycles. The van der Waals surface area contributed by atoms with Crippen LogP contribution in [0.2, 0.25) is 0 Å². The smallest absolute Gasteiger partial charge is 0.417 e. The van der Waals surface area contributed by atoms with Crippen molar-refractivity contribution in [2.75, 3.05) is 7.11 Å². The van der Waals surface area contributed by atoms with E-state index < -0.39 is 53.3 Å². The summed E-state index contributed by atoms with van der Waals surface area (Å²) in [5.74, 6) is -2.58. The van der Waals surface area contributed by atoms with Crippen LogP contribution in [-0.4, -0.2) is 64.5 Å². The second kappa shape index (κ2) is 10.9. The fourth-order valence-electron chi connectivity index (χ4n) is 3.72. The number of imide groups is 1. The predicted octanol–water partition coefficient (Wildman–Crippen LogP) is 2.77. The third-order valence-corrected chi connectivity index (χ3v) is 5.24. The maximum atomic E-state index is 13.0. The first-order valence-electron chi connectivity index (χ1n) is 11.0. The maximum absolute atomic E-state index is 13.0. The second-order valence-corrected chi connectivity index (χ2v) is 9.91. The molecule has 1 aliphatic heterocycles. The van der Waals surface area contributed by atoms with Gasteiger partial charge in [-0.3, -0.25) is 4.79 Å². The lowest BCUT2D eigenvalue weighted by atomic mass is 9.88. The molecule has 1 fully saturated rings. The molecule has 0 spiro atoms. The van der Waals surface area contributed by atoms with Gasteiger partial charge < -0.3 is 24.6 Å². The van der Waals surface area contributed by atoms with Gasteiger partial charge in [0.05, 0.1) is 19.1 Å². The van der Waals surface area contributed by atoms with E-state index in [1.54, 1.807) is 34.6 Å². The molecule has 3 amide bonds. The molecule has 1 aromatic rings. The van der Waals surface area contributed by atoms with Gasteiger partial charge in [-0.1, -0.05) is 30.3 Å². The van der Waals surface area contributed by atoms with Crippen LogP contribution >= 0.6 is 0 Å². The van der Waals surface area contributed by atoms with Crippen LogP contribution in [0.25, 0.3) is 0 Å². The largest absolute Gasteiger partial charge is 0.467 e. The van der Waals surface area contributed by atoms with Crippen molar-refractivity contribution >= 4 is 24.1 Å². The molecule has 1 saturated heterocycles. The fourth-order valence-corrected chi connectivity index (χ4v) is 3.72. The average Bonchev–Trinajstić information content (AvgIpc) is 3.08. The Bertz CT molecular complexity index is 894. The van der Waals surface area contributed by atoms with Crippen molar-refractivity contribution in [1.82, 2.24) is 10.2 Å². The van der Waals surface area contributed by atoms with E-state index in [-0.39, 0.29) is 19.4 Å². The van der Waals surface area contributed by atoms with Gasteiger partial charge in [0, 0.05) is 5.54 Å². The zero-order chi connectivity index (χ0) is 25.7. The number of rotatable bonds is 7. The molecule has 2 unspecified atom stereocenters. The lowest BCUT2D eigenvalue weighted by molar-refractivity contribution is -0.149. The molecule has 1 aliphatic rings. The highest BCUT2D eigenvalue weighted by Crippen LogP contribution is 2.32. The summed E-state index contributed by atoms with van der Waals surface area (Å²) in [5, 5.41) is 13.5. The van der Waals surface area contributed by atoms with E-state index in [0.717, 1.165) is 12.7 Å². The van der Waals surface area contributed by atoms with Gasteiger partial charge in [0.25, 0.3) is 0 Å². The van der Waals surface area contributed by atoms with Crippen molar-refractivity contribution in [3.63, 3.8) is 0 Å². The Morgan fingerprint density at radius 3 is 2.32 bits per heavy atom. The van der Waals surface area contributed by atoms with Crippen LogP contribution in [0.4, 0.5) is 9.59 Å². The number of aliphatic hydroxyl groups excluding tert-OH is 1. The van der Waals surface area contributed by atoms with Gasteiger partial charge in [-0.05, 0) is 53.0 Å². The monoisotopic (exact) mass is 478 g/mol. The molecule has 2 N–H and O–H groups in total. The summed E-state index contributed by atoms with van der Waals surface area (Å²) in [5.41, 5.74) is -1.02. The van der Waals surface area contributed by atoms with Crippen LogP contribution in [0.3, 0.4) is 0 Å². The number of nitrogens with zero attached hydrogens (tertiary/aromatic N) is 1. The summed E-state index contributed by atoms with van der Waals surface area (Å²) >= 11 is 0. The normalized spacial score (nSPS) is 19.4. The molecule has 0 bridgehead atoms. The fraction of sp³-hybridized carbons (Fsp3) is 0.583. The summed E-state index contributed by atoms with van der Waals surface area (Å²) in [7, 11) is 1.15. The van der Waals surface area contributed by atoms with Crippen LogP contribution in [0.1, 0.15) is 53.0 Å². The molecule has 0 radical (unpaired) electrons. The highest BCUT2D eigenvalue weighted by Gasteiger charge is 2.51. The minimum atomic E-state index is -1.25. The summed E-state index contributed by atoms with van der Waals surface area (Å²) in [4.78, 5) is 50.8. The SMILES string of the molecule is COC(=O)[C@@H]1CC(C(O)CC(C)(C)NC(=O)OCc2ccccc2)C(=O)N1C(=O)OC(C)(C)C. The quantitative estimate of drug-likeness (QED) is 0.452. The van der Waals surface area contributed by atoms with Crippen molar-refractivity contribution in [1.29, 1.82) is 0 Å². The van der Waals surface area contributed by atoms with Crippen LogP contribution < -0.4 is 5.32 Å². The number of carbonyl (C=O) groups excluding carboxylic acids is 4. The third-order valence-electron chi connectivity index (χ3n) is 5.24. The molecule has 10 heteroatoms. The Kier molecular flexibility index (Phi) is 8.66. The molecule has 0 saturated carbocycles. The molecular formula is C24H34N2O8. The van der Waals surface area contributed by atoms with Gasteiger partial charge in [-0.25, -0.2) is 19.3 Å². The molecule has 1 heterocycles. The Morgan fingerprint density at radius 2 is 1.76 bits per heavy atom. The number of nitrogens with one attached hydrogen (secondary N) is 1. The standard InChI is InChI=1S/C24H34N2O8/c1-23(2,3)34-22(31)26-17(20(29)32-6)12-16(19(26)28)18(27)13-24(4,5)25-21(30)33-14-15-10-8-7-9-11-15/h7-11,16-18,27H,12-14H2,1-6H3,(H,25,30)/t16?,17-,18?/m0/s1. The number of hydrogen-bond donors (Lipinski definition) is 2. The second-order valence-electron chi connectivity index (χ2n) is 9.91. The minimum absolute atomic E-state index is 0.0279. The van der Waals surface area contributed by atoms with E-state index in [2.05, 4.69) is 5.32 Å². The maximum Gasteiger partial charge on any atom is 0.417 e. The van der Waals surface area contributed by atoms with Crippen LogP contribution in [0, 0.1) is 5.92 Å². The minimum Gasteiger partial charge on any atom is -0.467 e. The molecule has 0 aromatic heterocycles. The summed E-state index contributed by atoms with van der Waals surface area (Å²) < 4.78 is 15.2. The highest BCUT2D eigenvalue weighted by molar-refractivity contribution is 6.01. The Labute approximate surface area is 199 Å². The van der Waals surface area contributed by atoms with Crippen LogP contribution in [0.15, 0.2) is 30.3 Å². The lowest BCUT2D eigenvalue weighted by Gasteiger charge is -2.30. The van der Waals surface area contributed by atoms with Gasteiger partial charge in [0.15, 0.2) is 0 Å². The molecular weight excluding hydrogens is 444 g/mol. The van der Waals surface area contributed by atoms with Crippen LogP contribution in [-0.2, 0) is 30.4 Å². The number of amides is 3. The molecule has 3 atom stereocenters. The number of hydrogen-bond acceptors (Lipinski definition) is 8. The number of esters is 1. The lowest BCUT2D eigenvalue weighted by Crippen LogP contribution is -2.48. The van der Waals surface area contributed by atoms with Crippen molar-refractivity contribution < 1.29 is 38.5 Å². The van der Waals surface area contributed by atoms with Crippen molar-refractivity contribution in [3.05, 3.63) is 35.9 Å². The molecule has 34 heavy (non-hydrogen) atoms. The van der Waals surface area contributed by atoms with Crippen LogP contribution in [0.5, 0.6) is 0 Å². The van der Waals surface area contributed by atoms with E-state index in [1.165, 1.54) is 0 Å². The van der Waals surface area contributed by atoms with Gasteiger partial charge in [0.1, 0.15) is 18.2 Å². The zero-order valence-electron chi connectivity index (χ0n) is 20.5. The predicted molar refractivity (Wildman–Crippen MR) is 121 cm³/mol. The number of carbonyl (C=O) groups is 4. The first-order valence-corrected chi connectivity index (χ1v) is 11.0. The van der Waals surface area contributed by atoms with Gasteiger partial charge in [-0.2, -0.15) is 0 Å². The van der Waals surface area contributed by atoms with E-state index in [0.29, 0.717) is 4.90 Å². The molecule has 188 valence electrons. The number of ether oxygens (including phenoxy) is 3. The number of benzene rings is 1. The Morgan fingerprint density at radius 1 is 1.15 bits per heavy atom. The topological polar surface area (TPSA) is 131 Å². The summed E-state index contributed by atoms with van der Waals surface area (Å²) in [6, 6.07) is 7.95. The molecule has 2 rings (SSSR count). The van der Waals surface area contributed by atoms with Crippen molar-refractivity contribution in [2.24, 2.45) is 5.92 Å². The van der Waals surface area contributed by atoms with Crippen molar-refractivity contribution in [3.8, 4) is 0 Å². The number of likely N-dealkylation sites (tertiary alicyclic amines) is 1.